The Hall–Kier alpha value is -2.84. The molecular weight excluding hydrogens is 332 g/mol. The third-order valence-corrected chi connectivity index (χ3v) is 4.06. The van der Waals surface area contributed by atoms with Crippen molar-refractivity contribution in [2.45, 2.75) is 31.7 Å². The van der Waals surface area contributed by atoms with Gasteiger partial charge in [-0.3, -0.25) is 4.98 Å². The second kappa shape index (κ2) is 6.58. The van der Waals surface area contributed by atoms with Crippen LogP contribution in [-0.4, -0.2) is 37.7 Å². The fraction of sp³-hybridized carbons (Fsp3) is 0.375. The number of hydrogen-bond acceptors (Lipinski definition) is 6. The molecule has 25 heavy (non-hydrogen) atoms. The van der Waals surface area contributed by atoms with E-state index in [2.05, 4.69) is 24.7 Å². The van der Waals surface area contributed by atoms with Gasteiger partial charge in [-0.1, -0.05) is 5.16 Å². The van der Waals surface area contributed by atoms with Crippen molar-refractivity contribution in [2.75, 3.05) is 6.61 Å². The van der Waals surface area contributed by atoms with E-state index in [1.807, 2.05) is 6.20 Å². The molecule has 0 bridgehead atoms. The second-order valence-corrected chi connectivity index (χ2v) is 5.77. The van der Waals surface area contributed by atoms with E-state index >= 15 is 0 Å². The molecule has 4 rings (SSSR count). The Kier molecular flexibility index (Phi) is 4.12. The van der Waals surface area contributed by atoms with Gasteiger partial charge in [0.05, 0.1) is 5.92 Å². The molecule has 130 valence electrons. The molecule has 0 radical (unpaired) electrons. The van der Waals surface area contributed by atoms with Crippen molar-refractivity contribution in [2.24, 2.45) is 0 Å². The molecule has 0 aromatic carbocycles. The predicted octanol–water partition coefficient (Wildman–Crippen LogP) is 2.70. The summed E-state index contributed by atoms with van der Waals surface area (Å²) in [5.74, 6) is 2.31. The van der Waals surface area contributed by atoms with Crippen LogP contribution < -0.4 is 4.74 Å². The van der Waals surface area contributed by atoms with Crippen molar-refractivity contribution in [3.63, 3.8) is 0 Å². The van der Waals surface area contributed by atoms with Crippen LogP contribution in [0.5, 0.6) is 5.75 Å². The first kappa shape index (κ1) is 15.7. The SMILES string of the molecule is FC(F)COc1ccnc(-c2noc(C3CCc4nccn4C3)n2)c1. The molecule has 3 aromatic heterocycles. The Morgan fingerprint density at radius 3 is 3.12 bits per heavy atom. The molecule has 3 aromatic rings. The zero-order valence-corrected chi connectivity index (χ0v) is 13.2. The lowest BCUT2D eigenvalue weighted by Gasteiger charge is -2.20. The van der Waals surface area contributed by atoms with Gasteiger partial charge in [-0.05, 0) is 12.5 Å². The van der Waals surface area contributed by atoms with Crippen molar-refractivity contribution in [3.05, 3.63) is 42.4 Å². The predicted molar refractivity (Wildman–Crippen MR) is 82.3 cm³/mol. The normalized spacial score (nSPS) is 16.8. The third kappa shape index (κ3) is 3.35. The Labute approximate surface area is 141 Å². The minimum Gasteiger partial charge on any atom is -0.488 e. The Balaban J connectivity index is 1.51. The summed E-state index contributed by atoms with van der Waals surface area (Å²) in [6.45, 7) is 0.0677. The Bertz CT molecular complexity index is 864. The fourth-order valence-corrected chi connectivity index (χ4v) is 2.86. The molecule has 0 spiro atoms. The molecule has 1 atom stereocenters. The molecule has 0 saturated heterocycles. The number of hydrogen-bond donors (Lipinski definition) is 0. The largest absolute Gasteiger partial charge is 0.488 e. The average molecular weight is 347 g/mol. The first-order valence-electron chi connectivity index (χ1n) is 7.90. The fourth-order valence-electron chi connectivity index (χ4n) is 2.86. The summed E-state index contributed by atoms with van der Waals surface area (Å²) < 4.78 is 37.0. The lowest BCUT2D eigenvalue weighted by molar-refractivity contribution is 0.0819. The summed E-state index contributed by atoms with van der Waals surface area (Å²) in [5.41, 5.74) is 0.417. The highest BCUT2D eigenvalue weighted by atomic mass is 19.3. The number of rotatable bonds is 5. The number of aryl methyl sites for hydroxylation is 1. The maximum Gasteiger partial charge on any atom is 0.272 e. The van der Waals surface area contributed by atoms with E-state index in [9.17, 15) is 8.78 Å². The van der Waals surface area contributed by atoms with E-state index in [-0.39, 0.29) is 11.7 Å². The number of ether oxygens (including phenoxy) is 1. The van der Waals surface area contributed by atoms with Crippen LogP contribution in [0.1, 0.15) is 24.1 Å². The van der Waals surface area contributed by atoms with Gasteiger partial charge in [0.2, 0.25) is 11.7 Å². The maximum absolute atomic E-state index is 12.2. The van der Waals surface area contributed by atoms with Gasteiger partial charge in [-0.25, -0.2) is 13.8 Å². The van der Waals surface area contributed by atoms with Crippen molar-refractivity contribution in [1.29, 1.82) is 0 Å². The number of pyridine rings is 1. The first-order chi connectivity index (χ1) is 12.2. The number of aromatic nitrogens is 5. The minimum absolute atomic E-state index is 0.112. The lowest BCUT2D eigenvalue weighted by Crippen LogP contribution is -2.18. The van der Waals surface area contributed by atoms with Crippen molar-refractivity contribution < 1.29 is 18.0 Å². The Morgan fingerprint density at radius 1 is 1.32 bits per heavy atom. The zero-order valence-electron chi connectivity index (χ0n) is 13.2. The summed E-state index contributed by atoms with van der Waals surface area (Å²) in [5, 5.41) is 3.96. The molecule has 0 fully saturated rings. The van der Waals surface area contributed by atoms with Gasteiger partial charge >= 0.3 is 0 Å². The summed E-state index contributed by atoms with van der Waals surface area (Å²) >= 11 is 0. The van der Waals surface area contributed by atoms with Gasteiger partial charge in [0.15, 0.2) is 0 Å². The highest BCUT2D eigenvalue weighted by Crippen LogP contribution is 2.28. The molecule has 0 saturated carbocycles. The van der Waals surface area contributed by atoms with Crippen LogP contribution in [-0.2, 0) is 13.0 Å². The van der Waals surface area contributed by atoms with E-state index in [0.717, 1.165) is 25.2 Å². The number of halogens is 2. The van der Waals surface area contributed by atoms with Crippen molar-refractivity contribution >= 4 is 0 Å². The van der Waals surface area contributed by atoms with Crippen LogP contribution in [0, 0.1) is 0 Å². The smallest absolute Gasteiger partial charge is 0.272 e. The van der Waals surface area contributed by atoms with Crippen LogP contribution in [0.3, 0.4) is 0 Å². The van der Waals surface area contributed by atoms with Crippen LogP contribution in [0.2, 0.25) is 0 Å². The summed E-state index contributed by atoms with van der Waals surface area (Å²) in [6, 6.07) is 3.03. The van der Waals surface area contributed by atoms with Gasteiger partial charge in [-0.15, -0.1) is 0 Å². The van der Waals surface area contributed by atoms with Gasteiger partial charge in [0.25, 0.3) is 6.43 Å². The van der Waals surface area contributed by atoms with Crippen LogP contribution in [0.4, 0.5) is 8.78 Å². The van der Waals surface area contributed by atoms with Gasteiger partial charge in [0.1, 0.15) is 23.9 Å². The molecule has 9 heteroatoms. The van der Waals surface area contributed by atoms with Crippen molar-refractivity contribution in [1.82, 2.24) is 24.7 Å². The van der Waals surface area contributed by atoms with Gasteiger partial charge in [-0.2, -0.15) is 4.98 Å². The molecular formula is C16H15F2N5O2. The number of nitrogens with zero attached hydrogens (tertiary/aromatic N) is 5. The standard InChI is InChI=1S/C16H15F2N5O2/c17-13(18)9-24-11-3-4-19-12(7-11)15-21-16(25-22-15)10-1-2-14-20-5-6-23(14)8-10/h3-7,10,13H,1-2,8-9H2. The molecule has 1 aliphatic rings. The monoisotopic (exact) mass is 347 g/mol. The molecule has 0 amide bonds. The Morgan fingerprint density at radius 2 is 2.24 bits per heavy atom. The molecule has 0 N–H and O–H groups in total. The number of imidazole rings is 1. The summed E-state index contributed by atoms with van der Waals surface area (Å²) in [7, 11) is 0. The van der Waals surface area contributed by atoms with Gasteiger partial charge in [0, 0.05) is 37.6 Å². The maximum atomic E-state index is 12.2. The summed E-state index contributed by atoms with van der Waals surface area (Å²) in [4.78, 5) is 12.9. The van der Waals surface area contributed by atoms with E-state index in [1.54, 1.807) is 6.20 Å². The number of alkyl halides is 2. The molecule has 0 aliphatic carbocycles. The highest BCUT2D eigenvalue weighted by molar-refractivity contribution is 5.50. The number of fused-ring (bicyclic) bond motifs is 1. The lowest BCUT2D eigenvalue weighted by atomic mass is 9.99. The third-order valence-electron chi connectivity index (χ3n) is 4.06. The van der Waals surface area contributed by atoms with Crippen molar-refractivity contribution in [3.8, 4) is 17.3 Å². The molecule has 4 heterocycles. The summed E-state index contributed by atoms with van der Waals surface area (Å²) in [6.07, 6.45) is 4.38. The second-order valence-electron chi connectivity index (χ2n) is 5.77. The van der Waals surface area contributed by atoms with E-state index in [4.69, 9.17) is 9.26 Å². The van der Waals surface area contributed by atoms with E-state index in [1.165, 1.54) is 18.3 Å². The van der Waals surface area contributed by atoms with E-state index < -0.39 is 13.0 Å². The first-order valence-corrected chi connectivity index (χ1v) is 7.90. The van der Waals surface area contributed by atoms with E-state index in [0.29, 0.717) is 17.4 Å². The molecule has 1 aliphatic heterocycles. The topological polar surface area (TPSA) is 78.9 Å². The zero-order chi connectivity index (χ0) is 17.2. The van der Waals surface area contributed by atoms with Crippen LogP contribution >= 0.6 is 0 Å². The van der Waals surface area contributed by atoms with Crippen LogP contribution in [0.25, 0.3) is 11.5 Å². The molecule has 1 unspecified atom stereocenters. The van der Waals surface area contributed by atoms with Gasteiger partial charge < -0.3 is 13.8 Å². The minimum atomic E-state index is -2.53. The molecule has 7 nitrogen and oxygen atoms in total. The quantitative estimate of drug-likeness (QED) is 0.706. The van der Waals surface area contributed by atoms with Crippen LogP contribution in [0.15, 0.2) is 35.2 Å². The highest BCUT2D eigenvalue weighted by Gasteiger charge is 2.25. The average Bonchev–Trinajstić information content (AvgIpc) is 3.28.